The van der Waals surface area contributed by atoms with Gasteiger partial charge in [0.1, 0.15) is 11.5 Å². The van der Waals surface area contributed by atoms with Crippen LogP contribution < -0.4 is 14.9 Å². The fourth-order valence-corrected chi connectivity index (χ4v) is 2.98. The van der Waals surface area contributed by atoms with Gasteiger partial charge >= 0.3 is 0 Å². The lowest BCUT2D eigenvalue weighted by molar-refractivity contribution is 0.415. The van der Waals surface area contributed by atoms with Gasteiger partial charge in [0, 0.05) is 11.6 Å². The molecule has 2 aromatic heterocycles. The molecule has 4 aromatic rings. The van der Waals surface area contributed by atoms with Gasteiger partial charge in [-0.3, -0.25) is 4.79 Å². The molecule has 2 aromatic carbocycles. The molecule has 2 heterocycles. The quantitative estimate of drug-likeness (QED) is 0.574. The molecule has 0 aliphatic heterocycles. The molecule has 0 aliphatic rings. The predicted molar refractivity (Wildman–Crippen MR) is 100 cm³/mol. The third-order valence-electron chi connectivity index (χ3n) is 4.37. The van der Waals surface area contributed by atoms with Crippen molar-refractivity contribution < 1.29 is 19.0 Å². The van der Waals surface area contributed by atoms with Crippen molar-refractivity contribution in [1.29, 1.82) is 0 Å². The van der Waals surface area contributed by atoms with Crippen LogP contribution in [0, 0.1) is 0 Å². The molecular formula is C20H16N2O5. The molecule has 27 heavy (non-hydrogen) atoms. The summed E-state index contributed by atoms with van der Waals surface area (Å²) in [5.74, 6) is 1.30. The first kappa shape index (κ1) is 16.7. The van der Waals surface area contributed by atoms with Gasteiger partial charge < -0.3 is 24.0 Å². The van der Waals surface area contributed by atoms with Gasteiger partial charge in [-0.25, -0.2) is 4.98 Å². The zero-order chi connectivity index (χ0) is 19.0. The molecular weight excluding hydrogens is 348 g/mol. The molecule has 0 bridgehead atoms. The van der Waals surface area contributed by atoms with E-state index in [9.17, 15) is 9.90 Å². The molecule has 7 heteroatoms. The van der Waals surface area contributed by atoms with Gasteiger partial charge in [0.25, 0.3) is 0 Å². The van der Waals surface area contributed by atoms with Gasteiger partial charge in [-0.1, -0.05) is 0 Å². The Kier molecular flexibility index (Phi) is 4.04. The number of rotatable bonds is 4. The Bertz CT molecular complexity index is 1160. The van der Waals surface area contributed by atoms with Crippen LogP contribution in [0.4, 0.5) is 0 Å². The normalized spacial score (nSPS) is 10.9. The number of benzene rings is 2. The van der Waals surface area contributed by atoms with Crippen LogP contribution in [0.3, 0.4) is 0 Å². The van der Waals surface area contributed by atoms with Gasteiger partial charge in [0.2, 0.25) is 5.43 Å². The summed E-state index contributed by atoms with van der Waals surface area (Å²) in [7, 11) is 3.10. The van der Waals surface area contributed by atoms with Crippen molar-refractivity contribution in [3.8, 4) is 39.8 Å². The van der Waals surface area contributed by atoms with Gasteiger partial charge in [-0.05, 0) is 30.3 Å². The summed E-state index contributed by atoms with van der Waals surface area (Å²) in [5, 5.41) is 10.8. The number of H-pyrrole nitrogens is 1. The SMILES string of the molecule is COc1ccc(-c2[nH]c3cc(OC)c(-c4cnco4)cc3c(=O)c2O)cc1. The highest BCUT2D eigenvalue weighted by Crippen LogP contribution is 2.35. The van der Waals surface area contributed by atoms with Gasteiger partial charge in [0.05, 0.1) is 42.6 Å². The maximum Gasteiger partial charge on any atom is 0.231 e. The Balaban J connectivity index is 1.95. The van der Waals surface area contributed by atoms with Crippen LogP contribution >= 0.6 is 0 Å². The number of nitrogens with zero attached hydrogens (tertiary/aromatic N) is 1. The van der Waals surface area contributed by atoms with Crippen molar-refractivity contribution in [3.05, 3.63) is 59.2 Å². The average Bonchev–Trinajstić information content (AvgIpc) is 3.24. The van der Waals surface area contributed by atoms with E-state index in [4.69, 9.17) is 13.9 Å². The molecule has 0 fully saturated rings. The summed E-state index contributed by atoms with van der Waals surface area (Å²) < 4.78 is 15.9. The van der Waals surface area contributed by atoms with Gasteiger partial charge in [-0.2, -0.15) is 0 Å². The number of hydrogen-bond acceptors (Lipinski definition) is 6. The first-order valence-corrected chi connectivity index (χ1v) is 8.12. The third-order valence-corrected chi connectivity index (χ3v) is 4.37. The van der Waals surface area contributed by atoms with E-state index in [2.05, 4.69) is 9.97 Å². The molecule has 7 nitrogen and oxygen atoms in total. The summed E-state index contributed by atoms with van der Waals surface area (Å²) in [6.07, 6.45) is 2.83. The van der Waals surface area contributed by atoms with Crippen molar-refractivity contribution in [2.75, 3.05) is 14.2 Å². The molecule has 0 saturated heterocycles. The van der Waals surface area contributed by atoms with Gasteiger partial charge in [-0.15, -0.1) is 0 Å². The second-order valence-corrected chi connectivity index (χ2v) is 5.87. The molecule has 136 valence electrons. The second kappa shape index (κ2) is 6.53. The van der Waals surface area contributed by atoms with E-state index in [0.29, 0.717) is 45.0 Å². The smallest absolute Gasteiger partial charge is 0.231 e. The molecule has 0 saturated carbocycles. The van der Waals surface area contributed by atoms with Crippen molar-refractivity contribution in [1.82, 2.24) is 9.97 Å². The minimum absolute atomic E-state index is 0.317. The maximum atomic E-state index is 12.8. The number of nitrogens with one attached hydrogen (secondary N) is 1. The van der Waals surface area contributed by atoms with E-state index in [-0.39, 0.29) is 5.75 Å². The van der Waals surface area contributed by atoms with Crippen LogP contribution in [-0.4, -0.2) is 29.3 Å². The minimum atomic E-state index is -0.488. The third kappa shape index (κ3) is 2.79. The molecule has 2 N–H and O–H groups in total. The van der Waals surface area contributed by atoms with Crippen LogP contribution in [0.1, 0.15) is 0 Å². The van der Waals surface area contributed by atoms with E-state index >= 15 is 0 Å². The monoisotopic (exact) mass is 364 g/mol. The zero-order valence-electron chi connectivity index (χ0n) is 14.6. The summed E-state index contributed by atoms with van der Waals surface area (Å²) >= 11 is 0. The standard InChI is InChI=1S/C20H16N2O5/c1-25-12-5-3-11(4-6-12)18-20(24)19(23)13-7-14(17-9-21-10-27-17)16(26-2)8-15(13)22-18/h3-10,24H,1-2H3,(H,22,23). The Morgan fingerprint density at radius 2 is 1.89 bits per heavy atom. The lowest BCUT2D eigenvalue weighted by atomic mass is 10.0. The molecule has 0 spiro atoms. The largest absolute Gasteiger partial charge is 0.503 e. The van der Waals surface area contributed by atoms with Crippen LogP contribution in [0.15, 0.2) is 58.2 Å². The molecule has 0 aliphatic carbocycles. The number of hydrogen-bond donors (Lipinski definition) is 2. The van der Waals surface area contributed by atoms with E-state index in [1.54, 1.807) is 43.5 Å². The Morgan fingerprint density at radius 1 is 1.11 bits per heavy atom. The molecule has 0 radical (unpaired) electrons. The number of methoxy groups -OCH3 is 2. The number of pyridine rings is 1. The summed E-state index contributed by atoms with van der Waals surface area (Å²) in [4.78, 5) is 19.8. The van der Waals surface area contributed by atoms with Crippen molar-refractivity contribution in [2.24, 2.45) is 0 Å². The summed E-state index contributed by atoms with van der Waals surface area (Å²) in [6, 6.07) is 10.3. The topological polar surface area (TPSA) is 97.6 Å². The predicted octanol–water partition coefficient (Wildman–Crippen LogP) is 3.57. The van der Waals surface area contributed by atoms with Crippen molar-refractivity contribution in [2.45, 2.75) is 0 Å². The Labute approximate surface area is 153 Å². The number of oxazole rings is 1. The van der Waals surface area contributed by atoms with Gasteiger partial charge in [0.15, 0.2) is 17.9 Å². The first-order chi connectivity index (χ1) is 13.1. The lowest BCUT2D eigenvalue weighted by Gasteiger charge is -2.11. The summed E-state index contributed by atoms with van der Waals surface area (Å²) in [5.41, 5.74) is 1.60. The van der Waals surface area contributed by atoms with Crippen LogP contribution in [0.2, 0.25) is 0 Å². The fraction of sp³-hybridized carbons (Fsp3) is 0.100. The second-order valence-electron chi connectivity index (χ2n) is 5.87. The molecule has 0 atom stereocenters. The molecule has 0 amide bonds. The van der Waals surface area contributed by atoms with Crippen molar-refractivity contribution in [3.63, 3.8) is 0 Å². The van der Waals surface area contributed by atoms with Crippen LogP contribution in [0.25, 0.3) is 33.5 Å². The number of ether oxygens (including phenoxy) is 2. The van der Waals surface area contributed by atoms with E-state index in [1.807, 2.05) is 0 Å². The minimum Gasteiger partial charge on any atom is -0.503 e. The van der Waals surface area contributed by atoms with E-state index < -0.39 is 5.43 Å². The molecule has 0 unspecified atom stereocenters. The lowest BCUT2D eigenvalue weighted by Crippen LogP contribution is -2.06. The highest BCUT2D eigenvalue weighted by molar-refractivity contribution is 5.90. The average molecular weight is 364 g/mol. The van der Waals surface area contributed by atoms with Crippen LogP contribution in [-0.2, 0) is 0 Å². The molecule has 4 rings (SSSR count). The fourth-order valence-electron chi connectivity index (χ4n) is 2.98. The highest BCUT2D eigenvalue weighted by atomic mass is 16.5. The summed E-state index contributed by atoms with van der Waals surface area (Å²) in [6.45, 7) is 0. The highest BCUT2D eigenvalue weighted by Gasteiger charge is 2.17. The van der Waals surface area contributed by atoms with Crippen molar-refractivity contribution >= 4 is 10.9 Å². The Hall–Kier alpha value is -3.74. The number of aromatic hydroxyl groups is 1. The van der Waals surface area contributed by atoms with E-state index in [0.717, 1.165) is 0 Å². The first-order valence-electron chi connectivity index (χ1n) is 8.12. The van der Waals surface area contributed by atoms with Crippen LogP contribution in [0.5, 0.6) is 17.2 Å². The number of fused-ring (bicyclic) bond motifs is 1. The maximum absolute atomic E-state index is 12.8. The van der Waals surface area contributed by atoms with E-state index in [1.165, 1.54) is 19.7 Å². The Morgan fingerprint density at radius 3 is 2.52 bits per heavy atom. The number of aromatic amines is 1. The number of aromatic nitrogens is 2. The zero-order valence-corrected chi connectivity index (χ0v) is 14.6.